The van der Waals surface area contributed by atoms with Crippen LogP contribution in [-0.4, -0.2) is 28.2 Å². The molecule has 1 aliphatic carbocycles. The third kappa shape index (κ3) is 3.42. The van der Waals surface area contributed by atoms with E-state index in [-0.39, 0.29) is 0 Å². The molecular formula is C12H18N4O. The maximum atomic E-state index is 10.1. The summed E-state index contributed by atoms with van der Waals surface area (Å²) in [5.41, 5.74) is 5.07. The normalized spacial score (nSPS) is 19.2. The first-order valence-corrected chi connectivity index (χ1v) is 5.88. The van der Waals surface area contributed by atoms with Crippen molar-refractivity contribution in [3.05, 3.63) is 24.4 Å². The number of guanidine groups is 1. The molecule has 0 amide bonds. The van der Waals surface area contributed by atoms with Gasteiger partial charge in [0.1, 0.15) is 5.82 Å². The van der Waals surface area contributed by atoms with Crippen molar-refractivity contribution < 1.29 is 5.11 Å². The van der Waals surface area contributed by atoms with Crippen LogP contribution in [0.3, 0.4) is 0 Å². The lowest BCUT2D eigenvalue weighted by Crippen LogP contribution is -2.31. The molecule has 0 aliphatic heterocycles. The van der Waals surface area contributed by atoms with Crippen LogP contribution in [0.5, 0.6) is 0 Å². The molecule has 0 bridgehead atoms. The Hall–Kier alpha value is -1.62. The number of aliphatic imine (C=N–C) groups is 1. The highest BCUT2D eigenvalue weighted by atomic mass is 16.3. The highest BCUT2D eigenvalue weighted by Gasteiger charge is 2.30. The zero-order chi connectivity index (χ0) is 12.1. The summed E-state index contributed by atoms with van der Waals surface area (Å²) in [6, 6.07) is 5.51. The highest BCUT2D eigenvalue weighted by molar-refractivity contribution is 5.91. The van der Waals surface area contributed by atoms with Gasteiger partial charge < -0.3 is 16.2 Å². The molecule has 0 aromatic carbocycles. The minimum atomic E-state index is -0.656. The van der Waals surface area contributed by atoms with Gasteiger partial charge in [-0.15, -0.1) is 0 Å². The van der Waals surface area contributed by atoms with E-state index in [2.05, 4.69) is 15.3 Å². The Bertz CT molecular complexity index is 385. The van der Waals surface area contributed by atoms with E-state index >= 15 is 0 Å². The van der Waals surface area contributed by atoms with Crippen LogP contribution in [0.4, 0.5) is 5.82 Å². The average Bonchev–Trinajstić information content (AvgIpc) is 2.76. The topological polar surface area (TPSA) is 83.5 Å². The number of aliphatic hydroxyl groups is 1. The van der Waals surface area contributed by atoms with E-state index in [1.807, 2.05) is 18.2 Å². The second-order valence-corrected chi connectivity index (χ2v) is 4.47. The van der Waals surface area contributed by atoms with Gasteiger partial charge in [-0.2, -0.15) is 0 Å². The zero-order valence-electron chi connectivity index (χ0n) is 9.76. The van der Waals surface area contributed by atoms with Crippen LogP contribution in [0.2, 0.25) is 0 Å². The molecule has 0 unspecified atom stereocenters. The van der Waals surface area contributed by atoms with Crippen molar-refractivity contribution in [2.75, 3.05) is 11.9 Å². The number of aromatic nitrogens is 1. The van der Waals surface area contributed by atoms with Gasteiger partial charge in [0.25, 0.3) is 0 Å². The predicted molar refractivity (Wildman–Crippen MR) is 67.8 cm³/mol. The molecule has 0 spiro atoms. The molecule has 0 saturated heterocycles. The molecule has 1 saturated carbocycles. The van der Waals surface area contributed by atoms with E-state index in [0.717, 1.165) is 25.7 Å². The largest absolute Gasteiger partial charge is 0.388 e. The van der Waals surface area contributed by atoms with Crippen LogP contribution in [0, 0.1) is 0 Å². The molecule has 1 aliphatic rings. The quantitative estimate of drug-likeness (QED) is 0.540. The summed E-state index contributed by atoms with van der Waals surface area (Å²) >= 11 is 0. The van der Waals surface area contributed by atoms with Gasteiger partial charge in [0.05, 0.1) is 12.1 Å². The van der Waals surface area contributed by atoms with Gasteiger partial charge in [-0.3, -0.25) is 4.99 Å². The number of nitrogens with one attached hydrogen (secondary N) is 1. The molecule has 5 nitrogen and oxygen atoms in total. The molecule has 0 atom stereocenters. The van der Waals surface area contributed by atoms with Crippen LogP contribution in [0.1, 0.15) is 25.7 Å². The summed E-state index contributed by atoms with van der Waals surface area (Å²) in [5, 5.41) is 13.0. The minimum absolute atomic E-state index is 0.295. The van der Waals surface area contributed by atoms with Gasteiger partial charge in [0, 0.05) is 6.20 Å². The molecule has 1 aromatic heterocycles. The minimum Gasteiger partial charge on any atom is -0.388 e. The van der Waals surface area contributed by atoms with E-state index in [9.17, 15) is 5.11 Å². The number of rotatable bonds is 3. The van der Waals surface area contributed by atoms with Crippen molar-refractivity contribution in [3.8, 4) is 0 Å². The van der Waals surface area contributed by atoms with Gasteiger partial charge in [0.2, 0.25) is 0 Å². The van der Waals surface area contributed by atoms with Gasteiger partial charge in [0.15, 0.2) is 5.96 Å². The molecule has 0 radical (unpaired) electrons. The van der Waals surface area contributed by atoms with Gasteiger partial charge in [-0.05, 0) is 25.0 Å². The third-order valence-electron chi connectivity index (χ3n) is 3.00. The van der Waals surface area contributed by atoms with Crippen molar-refractivity contribution in [3.63, 3.8) is 0 Å². The van der Waals surface area contributed by atoms with Crippen LogP contribution >= 0.6 is 0 Å². The Morgan fingerprint density at radius 1 is 1.47 bits per heavy atom. The van der Waals surface area contributed by atoms with Crippen LogP contribution in [0.15, 0.2) is 29.4 Å². The van der Waals surface area contributed by atoms with E-state index < -0.39 is 5.60 Å². The van der Waals surface area contributed by atoms with E-state index in [0.29, 0.717) is 18.3 Å². The first kappa shape index (κ1) is 11.9. The summed E-state index contributed by atoms with van der Waals surface area (Å²) in [6.45, 7) is 0.360. The molecule has 1 heterocycles. The maximum Gasteiger partial charge on any atom is 0.194 e. The average molecular weight is 234 g/mol. The van der Waals surface area contributed by atoms with Crippen molar-refractivity contribution in [1.82, 2.24) is 4.98 Å². The SMILES string of the molecule is NC(=NCC1(O)CCCC1)Nc1ccccn1. The lowest BCUT2D eigenvalue weighted by atomic mass is 10.0. The number of hydrogen-bond acceptors (Lipinski definition) is 3. The first-order chi connectivity index (χ1) is 8.18. The van der Waals surface area contributed by atoms with Gasteiger partial charge >= 0.3 is 0 Å². The number of anilines is 1. The second kappa shape index (κ2) is 5.14. The van der Waals surface area contributed by atoms with Gasteiger partial charge in [-0.1, -0.05) is 18.9 Å². The van der Waals surface area contributed by atoms with Crippen molar-refractivity contribution >= 4 is 11.8 Å². The molecule has 17 heavy (non-hydrogen) atoms. The first-order valence-electron chi connectivity index (χ1n) is 5.88. The molecule has 4 N–H and O–H groups in total. The fourth-order valence-electron chi connectivity index (χ4n) is 2.03. The molecule has 5 heteroatoms. The summed E-state index contributed by atoms with van der Waals surface area (Å²) in [6.07, 6.45) is 5.44. The van der Waals surface area contributed by atoms with E-state index in [1.54, 1.807) is 6.20 Å². The Morgan fingerprint density at radius 2 is 2.24 bits per heavy atom. The molecule has 1 aromatic rings. The molecule has 1 fully saturated rings. The summed E-state index contributed by atoms with van der Waals surface area (Å²) in [7, 11) is 0. The van der Waals surface area contributed by atoms with E-state index in [1.165, 1.54) is 0 Å². The van der Waals surface area contributed by atoms with E-state index in [4.69, 9.17) is 5.73 Å². The lowest BCUT2D eigenvalue weighted by Gasteiger charge is -2.19. The van der Waals surface area contributed by atoms with Crippen LogP contribution < -0.4 is 11.1 Å². The maximum absolute atomic E-state index is 10.1. The standard InChI is InChI=1S/C12H18N4O/c13-11(16-10-5-1-4-8-14-10)15-9-12(17)6-2-3-7-12/h1,4-5,8,17H,2-3,6-7,9H2,(H3,13,14,15,16). The third-order valence-corrected chi connectivity index (χ3v) is 3.00. The summed E-state index contributed by atoms with van der Waals surface area (Å²) in [4.78, 5) is 8.25. The molecule has 92 valence electrons. The van der Waals surface area contributed by atoms with Crippen LogP contribution in [-0.2, 0) is 0 Å². The second-order valence-electron chi connectivity index (χ2n) is 4.47. The monoisotopic (exact) mass is 234 g/mol. The number of nitrogens with two attached hydrogens (primary N) is 1. The number of pyridine rings is 1. The van der Waals surface area contributed by atoms with Gasteiger partial charge in [-0.25, -0.2) is 4.98 Å². The highest BCUT2D eigenvalue weighted by Crippen LogP contribution is 2.29. The lowest BCUT2D eigenvalue weighted by molar-refractivity contribution is 0.0575. The summed E-state index contributed by atoms with van der Waals surface area (Å²) < 4.78 is 0. The number of hydrogen-bond donors (Lipinski definition) is 3. The fourth-order valence-corrected chi connectivity index (χ4v) is 2.03. The molecule has 2 rings (SSSR count). The predicted octanol–water partition coefficient (Wildman–Crippen LogP) is 1.11. The Balaban J connectivity index is 1.89. The van der Waals surface area contributed by atoms with Crippen molar-refractivity contribution in [2.45, 2.75) is 31.3 Å². The smallest absolute Gasteiger partial charge is 0.194 e. The Kier molecular flexibility index (Phi) is 3.58. The molecular weight excluding hydrogens is 216 g/mol. The van der Waals surface area contributed by atoms with Crippen molar-refractivity contribution in [2.24, 2.45) is 10.7 Å². The van der Waals surface area contributed by atoms with Crippen LogP contribution in [0.25, 0.3) is 0 Å². The fraction of sp³-hybridized carbons (Fsp3) is 0.500. The Morgan fingerprint density at radius 3 is 2.88 bits per heavy atom. The summed E-state index contributed by atoms with van der Waals surface area (Å²) in [5.74, 6) is 0.955. The van der Waals surface area contributed by atoms with Crippen molar-refractivity contribution in [1.29, 1.82) is 0 Å². The zero-order valence-corrected chi connectivity index (χ0v) is 9.76. The Labute approximate surface area is 101 Å². The number of nitrogens with zero attached hydrogens (tertiary/aromatic N) is 2.